The normalized spacial score (nSPS) is 30.7. The smallest absolute Gasteiger partial charge is 0.387 e. The van der Waals surface area contributed by atoms with Crippen molar-refractivity contribution in [2.75, 3.05) is 76.4 Å². The predicted molar refractivity (Wildman–Crippen MR) is 343 cm³/mol. The Morgan fingerprint density at radius 1 is 0.453 bits per heavy atom. The van der Waals surface area contributed by atoms with Crippen molar-refractivity contribution in [2.45, 2.75) is 185 Å². The molecule has 10 fully saturated rings. The van der Waals surface area contributed by atoms with Crippen LogP contribution in [0.1, 0.15) is 146 Å². The van der Waals surface area contributed by atoms with Gasteiger partial charge < -0.3 is 45.6 Å². The van der Waals surface area contributed by atoms with Crippen LogP contribution in [0.15, 0.2) is 55.0 Å². The van der Waals surface area contributed by atoms with Gasteiger partial charge in [0.2, 0.25) is 0 Å². The highest BCUT2D eigenvalue weighted by molar-refractivity contribution is 5.67. The molecule has 4 aliphatic heterocycles. The third kappa shape index (κ3) is 13.3. The van der Waals surface area contributed by atoms with Gasteiger partial charge in [-0.3, -0.25) is 28.7 Å². The van der Waals surface area contributed by atoms with Gasteiger partial charge in [0, 0.05) is 145 Å². The van der Waals surface area contributed by atoms with Crippen LogP contribution < -0.4 is 31.4 Å². The van der Waals surface area contributed by atoms with E-state index >= 15 is 0 Å². The molecule has 6 N–H and O–H groups in total. The second-order valence-electron chi connectivity index (χ2n) is 28.7. The van der Waals surface area contributed by atoms with Crippen molar-refractivity contribution in [2.24, 2.45) is 35.5 Å². The number of ether oxygens (including phenoxy) is 6. The number of alkyl halides is 6. The molecule has 6 saturated carbocycles. The second kappa shape index (κ2) is 26.6. The summed E-state index contributed by atoms with van der Waals surface area (Å²) in [5.41, 5.74) is 24.8. The summed E-state index contributed by atoms with van der Waals surface area (Å²) in [4.78, 5) is 20.0. The van der Waals surface area contributed by atoms with Crippen molar-refractivity contribution >= 4 is 17.5 Å². The minimum Gasteiger partial charge on any atom is -0.431 e. The second-order valence-corrected chi connectivity index (χ2v) is 28.7. The highest BCUT2D eigenvalue weighted by Crippen LogP contribution is 2.67. The Kier molecular flexibility index (Phi) is 18.3. The Morgan fingerprint density at radius 2 is 0.821 bits per heavy atom. The molecule has 6 aromatic heterocycles. The first kappa shape index (κ1) is 65.5. The van der Waals surface area contributed by atoms with E-state index in [0.29, 0.717) is 118 Å². The summed E-state index contributed by atoms with van der Waals surface area (Å²) in [6, 6.07) is 14.5. The van der Waals surface area contributed by atoms with Crippen LogP contribution in [-0.4, -0.2) is 174 Å². The van der Waals surface area contributed by atoms with Crippen LogP contribution in [0.3, 0.4) is 0 Å². The Bertz CT molecular complexity index is 3520. The molecule has 514 valence electrons. The molecule has 15 atom stereocenters. The number of fused-ring (bicyclic) bond motifs is 5. The number of halogens is 6. The summed E-state index contributed by atoms with van der Waals surface area (Å²) in [7, 11) is 0. The Hall–Kier alpha value is -6.78. The maximum absolute atomic E-state index is 12.7. The van der Waals surface area contributed by atoms with Gasteiger partial charge in [0.05, 0.1) is 56.2 Å². The average molecular weight is 1330 g/mol. The number of nitrogen functional groups attached to an aromatic ring is 3. The third-order valence-corrected chi connectivity index (χ3v) is 22.1. The monoisotopic (exact) mass is 1330 g/mol. The van der Waals surface area contributed by atoms with Crippen LogP contribution in [0.4, 0.5) is 43.8 Å². The van der Waals surface area contributed by atoms with Crippen LogP contribution in [0.2, 0.25) is 0 Å². The van der Waals surface area contributed by atoms with Crippen molar-refractivity contribution in [3.8, 4) is 51.0 Å². The Labute approximate surface area is 549 Å². The fourth-order valence-corrected chi connectivity index (χ4v) is 17.7. The molecule has 16 rings (SSSR count). The molecule has 0 spiro atoms. The van der Waals surface area contributed by atoms with Gasteiger partial charge in [-0.25, -0.2) is 15.0 Å². The number of likely N-dealkylation sites (tertiary alicyclic amines) is 1. The van der Waals surface area contributed by atoms with Crippen LogP contribution in [0.25, 0.3) is 33.8 Å². The van der Waals surface area contributed by atoms with E-state index in [1.165, 1.54) is 80.2 Å². The lowest BCUT2D eigenvalue weighted by atomic mass is 10.0. The topological polar surface area (TPSA) is 235 Å². The number of rotatable bonds is 18. The molecule has 27 heteroatoms. The van der Waals surface area contributed by atoms with Crippen LogP contribution >= 0.6 is 0 Å². The van der Waals surface area contributed by atoms with Crippen molar-refractivity contribution < 1.29 is 54.8 Å². The number of pyridine rings is 3. The molecule has 0 amide bonds. The number of nitrogens with zero attached hydrogens (tertiary/aromatic N) is 12. The fourth-order valence-electron chi connectivity index (χ4n) is 17.7. The molecule has 0 radical (unpaired) electrons. The minimum atomic E-state index is -2.95. The van der Waals surface area contributed by atoms with Gasteiger partial charge in [-0.05, 0) is 165 Å². The van der Waals surface area contributed by atoms with Gasteiger partial charge in [-0.1, -0.05) is 0 Å². The Morgan fingerprint density at radius 3 is 1.16 bits per heavy atom. The maximum Gasteiger partial charge on any atom is 0.387 e. The zero-order valence-electron chi connectivity index (χ0n) is 55.0. The number of aromatic nitrogens is 9. The van der Waals surface area contributed by atoms with Crippen LogP contribution in [-0.2, 0) is 14.2 Å². The predicted octanol–water partition coefficient (Wildman–Crippen LogP) is 11.1. The van der Waals surface area contributed by atoms with Crippen LogP contribution in [0.5, 0.6) is 17.2 Å². The minimum absolute atomic E-state index is 0.0543. The summed E-state index contributed by atoms with van der Waals surface area (Å²) in [5.74, 6) is 5.15. The number of hydrogen-bond donors (Lipinski definition) is 3. The van der Waals surface area contributed by atoms with E-state index in [0.717, 1.165) is 64.9 Å². The molecular weight excluding hydrogens is 1240 g/mol. The highest BCUT2D eigenvalue weighted by Gasteiger charge is 2.62. The molecule has 21 nitrogen and oxygen atoms in total. The Balaban J connectivity index is 0.000000123. The summed E-state index contributed by atoms with van der Waals surface area (Å²) >= 11 is 0. The molecule has 0 aromatic carbocycles. The molecule has 10 aliphatic rings. The molecule has 6 aromatic rings. The van der Waals surface area contributed by atoms with Crippen molar-refractivity contribution in [3.05, 3.63) is 72.1 Å². The number of morpholine rings is 3. The van der Waals surface area contributed by atoms with E-state index in [4.69, 9.17) is 46.7 Å². The van der Waals surface area contributed by atoms with Gasteiger partial charge in [0.25, 0.3) is 0 Å². The maximum atomic E-state index is 12.7. The summed E-state index contributed by atoms with van der Waals surface area (Å²) in [6.07, 6.45) is 13.7. The van der Waals surface area contributed by atoms with E-state index in [1.54, 1.807) is 18.6 Å². The van der Waals surface area contributed by atoms with Crippen molar-refractivity contribution in [1.29, 1.82) is 0 Å². The van der Waals surface area contributed by atoms with Gasteiger partial charge >= 0.3 is 19.8 Å². The lowest BCUT2D eigenvalue weighted by Gasteiger charge is -2.38. The number of nitrogens with two attached hydrogens (primary N) is 3. The third-order valence-electron chi connectivity index (χ3n) is 22.1. The summed E-state index contributed by atoms with van der Waals surface area (Å²) in [5, 5.41) is 14.4. The first-order valence-electron chi connectivity index (χ1n) is 34.1. The zero-order chi connectivity index (χ0) is 66.4. The van der Waals surface area contributed by atoms with Crippen LogP contribution in [0, 0.1) is 35.5 Å². The average Bonchev–Trinajstić information content (AvgIpc) is 1.57. The van der Waals surface area contributed by atoms with Crippen molar-refractivity contribution in [3.63, 3.8) is 0 Å². The quantitative estimate of drug-likeness (QED) is 0.0678. The van der Waals surface area contributed by atoms with Gasteiger partial charge in [-0.15, -0.1) is 0 Å². The zero-order valence-corrected chi connectivity index (χ0v) is 55.0. The summed E-state index contributed by atoms with van der Waals surface area (Å²) in [6.45, 7) is 14.5. The molecule has 95 heavy (non-hydrogen) atoms. The molecular formula is C68H89F6N15O6. The van der Waals surface area contributed by atoms with Gasteiger partial charge in [0.15, 0.2) is 34.7 Å². The molecule has 2 bridgehead atoms. The lowest BCUT2D eigenvalue weighted by molar-refractivity contribution is -0.0501. The highest BCUT2D eigenvalue weighted by atomic mass is 19.3. The first-order chi connectivity index (χ1) is 45.6. The summed E-state index contributed by atoms with van der Waals surface area (Å²) < 4.78 is 113. The number of anilines is 3. The SMILES string of the molecule is CC(C)n1nc(-c2cnc(N)c(OC(F)F)c2)cc1C1[C@H]2CC(N3CCOCC3)C[C@@H]12.CC(C)n1nc(-c2cnc(N)c(OC(F)F)c2)cc1C1[C@H]2CC(N3CCOC[C@H]3C)C[C@@H]12.CC(C)n1nc(-c2cnc(N)c(OC(F)F)c2)cc1C1[C@H]2CC(N3C[C@@H]4C[C@H]3CO4)C[C@@H]12. The van der Waals surface area contributed by atoms with Gasteiger partial charge in [-0.2, -0.15) is 41.6 Å². The molecule has 6 unspecified atom stereocenters. The molecule has 6 aliphatic carbocycles. The van der Waals surface area contributed by atoms with Crippen molar-refractivity contribution in [1.82, 2.24) is 59.0 Å². The molecule has 10 heterocycles. The van der Waals surface area contributed by atoms with E-state index in [-0.39, 0.29) is 52.8 Å². The largest absolute Gasteiger partial charge is 0.431 e. The van der Waals surface area contributed by atoms with E-state index in [9.17, 15) is 26.3 Å². The van der Waals surface area contributed by atoms with E-state index in [2.05, 4.69) is 125 Å². The standard InChI is InChI=1S/C23H29F2N5O2.C23H31F2N5O2.C22H29F2N5O2/c1-11(2)30-19(7-18(28-30)12-3-20(32-23(24)25)22(26)27-8-12)21-16-5-13(6-17(16)21)29-9-15-4-14(29)10-31-15;1-12(2)30-19(9-18(28-30)14-6-20(32-23(24)25)22(26)27-10-14)21-16-7-15(8-17(16)21)29-4-5-31-11-13(29)3;1-12(2)29-18(20-15-8-14(9-16(15)20)28-3-5-30-6-4-28)10-17(27-29)13-7-19(31-22(23)24)21(25)26-11-13/h3,7-8,11,13-17,21,23H,4-6,9-10H2,1-2H3,(H2,26,27);6,9-10,12-13,15-17,21,23H,4-5,7-8,11H2,1-3H3,(H2,26,27);7,10-12,14-16,20,22H,3-6,8-9H2,1-2H3,(H2,25,26)/t13?,14-,15-,16-,17+,21?;13-,15?,16-,17+,21?;14?,15-,16+,20?/m01./s1. The van der Waals surface area contributed by atoms with Gasteiger partial charge in [0.1, 0.15) is 0 Å². The molecule has 4 saturated heterocycles. The lowest BCUT2D eigenvalue weighted by Crippen LogP contribution is -2.49. The first-order valence-corrected chi connectivity index (χ1v) is 34.1. The fraction of sp³-hybridized carbons (Fsp3) is 0.647. The number of hydrogen-bond acceptors (Lipinski definition) is 18. The van der Waals surface area contributed by atoms with E-state index in [1.807, 2.05) is 0 Å². The van der Waals surface area contributed by atoms with E-state index < -0.39 is 19.8 Å².